The van der Waals surface area contributed by atoms with E-state index in [2.05, 4.69) is 5.32 Å². The van der Waals surface area contributed by atoms with Crippen LogP contribution >= 0.6 is 0 Å². The van der Waals surface area contributed by atoms with Gasteiger partial charge in [0.15, 0.2) is 0 Å². The smallest absolute Gasteiger partial charge is 0.237 e. The highest BCUT2D eigenvalue weighted by Gasteiger charge is 2.18. The third-order valence-corrected chi connectivity index (χ3v) is 2.23. The Morgan fingerprint density at radius 2 is 1.56 bits per heavy atom. The van der Waals surface area contributed by atoms with E-state index >= 15 is 0 Å². The molecule has 102 valence electrons. The summed E-state index contributed by atoms with van der Waals surface area (Å²) in [5.74, 6) is -1.69. The number of nitrogens with one attached hydrogen (secondary N) is 1. The summed E-state index contributed by atoms with van der Waals surface area (Å²) in [6, 6.07) is -1.74. The van der Waals surface area contributed by atoms with Gasteiger partial charge in [0.25, 0.3) is 0 Å². The van der Waals surface area contributed by atoms with E-state index in [1.165, 1.54) is 0 Å². The molecule has 0 fully saturated rings. The van der Waals surface area contributed by atoms with Gasteiger partial charge in [-0.3, -0.25) is 14.4 Å². The van der Waals surface area contributed by atoms with Crippen molar-refractivity contribution in [1.82, 2.24) is 5.32 Å². The van der Waals surface area contributed by atoms with Crippen molar-refractivity contribution in [2.24, 2.45) is 17.2 Å². The van der Waals surface area contributed by atoms with Crippen LogP contribution in [0.1, 0.15) is 25.7 Å². The van der Waals surface area contributed by atoms with E-state index in [9.17, 15) is 19.2 Å². The number of amides is 3. The minimum absolute atomic E-state index is 0.0123. The van der Waals surface area contributed by atoms with Crippen LogP contribution in [-0.2, 0) is 19.2 Å². The first-order chi connectivity index (χ1) is 8.36. The number of carbonyl (C=O) groups is 4. The van der Waals surface area contributed by atoms with Gasteiger partial charge in [-0.25, -0.2) is 0 Å². The van der Waals surface area contributed by atoms with Gasteiger partial charge in [0, 0.05) is 12.8 Å². The second-order valence-electron chi connectivity index (χ2n) is 3.87. The number of primary amides is 2. The quantitative estimate of drug-likeness (QED) is 0.337. The van der Waals surface area contributed by atoms with Crippen LogP contribution in [-0.4, -0.2) is 36.1 Å². The highest BCUT2D eigenvalue weighted by atomic mass is 16.2. The van der Waals surface area contributed by atoms with E-state index in [-0.39, 0.29) is 25.7 Å². The molecule has 0 rings (SSSR count). The first-order valence-electron chi connectivity index (χ1n) is 5.44. The number of hydrogen-bond donors (Lipinski definition) is 4. The Kier molecular flexibility index (Phi) is 7.29. The van der Waals surface area contributed by atoms with Gasteiger partial charge in [0.2, 0.25) is 17.7 Å². The van der Waals surface area contributed by atoms with Gasteiger partial charge in [-0.2, -0.15) is 0 Å². The van der Waals surface area contributed by atoms with E-state index in [0.29, 0.717) is 6.29 Å². The van der Waals surface area contributed by atoms with Crippen molar-refractivity contribution in [1.29, 1.82) is 0 Å². The normalized spacial score (nSPS) is 13.4. The molecule has 0 aliphatic heterocycles. The van der Waals surface area contributed by atoms with Crippen molar-refractivity contribution in [2.75, 3.05) is 0 Å². The fourth-order valence-electron chi connectivity index (χ4n) is 1.19. The van der Waals surface area contributed by atoms with Crippen LogP contribution in [0.15, 0.2) is 0 Å². The molecule has 18 heavy (non-hydrogen) atoms. The van der Waals surface area contributed by atoms with Gasteiger partial charge in [-0.1, -0.05) is 0 Å². The molecule has 0 bridgehead atoms. The highest BCUT2D eigenvalue weighted by molar-refractivity contribution is 5.85. The first kappa shape index (κ1) is 16.0. The molecule has 2 atom stereocenters. The average molecular weight is 258 g/mol. The fourth-order valence-corrected chi connectivity index (χ4v) is 1.19. The molecule has 0 aliphatic carbocycles. The number of nitrogens with two attached hydrogens (primary N) is 3. The molecule has 0 heterocycles. The zero-order valence-electron chi connectivity index (χ0n) is 9.93. The van der Waals surface area contributed by atoms with E-state index in [1.54, 1.807) is 0 Å². The van der Waals surface area contributed by atoms with Gasteiger partial charge in [-0.15, -0.1) is 0 Å². The van der Waals surface area contributed by atoms with Crippen LogP contribution in [0.2, 0.25) is 0 Å². The summed E-state index contributed by atoms with van der Waals surface area (Å²) in [7, 11) is 0. The van der Waals surface area contributed by atoms with Crippen LogP contribution in [0.5, 0.6) is 0 Å². The maximum absolute atomic E-state index is 11.5. The molecule has 0 radical (unpaired) electrons. The van der Waals surface area contributed by atoms with Gasteiger partial charge in [0.05, 0.1) is 12.1 Å². The van der Waals surface area contributed by atoms with E-state index in [1.807, 2.05) is 0 Å². The summed E-state index contributed by atoms with van der Waals surface area (Å²) in [6.45, 7) is 0. The van der Waals surface area contributed by atoms with Crippen LogP contribution in [0, 0.1) is 0 Å². The molecule has 0 saturated heterocycles. The van der Waals surface area contributed by atoms with Crippen molar-refractivity contribution in [2.45, 2.75) is 37.8 Å². The summed E-state index contributed by atoms with van der Waals surface area (Å²) < 4.78 is 0. The Balaban J connectivity index is 4.12. The SMILES string of the molecule is NC(=O)CCC(C=O)NC(=O)C(N)CCC(N)=O. The molecule has 0 saturated carbocycles. The molecule has 7 N–H and O–H groups in total. The topological polar surface area (TPSA) is 158 Å². The van der Waals surface area contributed by atoms with E-state index in [4.69, 9.17) is 17.2 Å². The van der Waals surface area contributed by atoms with Crippen LogP contribution in [0.25, 0.3) is 0 Å². The van der Waals surface area contributed by atoms with Crippen molar-refractivity contribution in [3.05, 3.63) is 0 Å². The molecule has 0 aliphatic rings. The minimum atomic E-state index is -0.923. The number of aldehydes is 1. The second kappa shape index (κ2) is 8.18. The summed E-state index contributed by atoms with van der Waals surface area (Å²) in [5.41, 5.74) is 15.3. The summed E-state index contributed by atoms with van der Waals surface area (Å²) in [5, 5.41) is 2.35. The maximum Gasteiger partial charge on any atom is 0.237 e. The third kappa shape index (κ3) is 7.34. The molecular weight excluding hydrogens is 240 g/mol. The molecular formula is C10H18N4O4. The summed E-state index contributed by atoms with van der Waals surface area (Å²) in [6.07, 6.45) is 0.694. The lowest BCUT2D eigenvalue weighted by Gasteiger charge is -2.15. The van der Waals surface area contributed by atoms with Gasteiger partial charge >= 0.3 is 0 Å². The number of rotatable bonds is 9. The summed E-state index contributed by atoms with van der Waals surface area (Å²) >= 11 is 0. The Labute approximate surface area is 104 Å². The van der Waals surface area contributed by atoms with Gasteiger partial charge < -0.3 is 27.3 Å². The van der Waals surface area contributed by atoms with Crippen molar-refractivity contribution < 1.29 is 19.2 Å². The standard InChI is InChI=1S/C10H18N4O4/c11-7(2-4-9(13)17)10(18)14-6(5-15)1-3-8(12)16/h5-7H,1-4,11H2,(H2,12,16)(H2,13,17)(H,14,18). The first-order valence-corrected chi connectivity index (χ1v) is 5.44. The van der Waals surface area contributed by atoms with Crippen molar-refractivity contribution >= 4 is 24.0 Å². The van der Waals surface area contributed by atoms with Crippen LogP contribution in [0.4, 0.5) is 0 Å². The Morgan fingerprint density at radius 1 is 1.06 bits per heavy atom. The van der Waals surface area contributed by atoms with Gasteiger partial charge in [0.1, 0.15) is 6.29 Å². The molecule has 2 unspecified atom stereocenters. The zero-order valence-corrected chi connectivity index (χ0v) is 9.93. The van der Waals surface area contributed by atoms with Gasteiger partial charge in [-0.05, 0) is 12.8 Å². The third-order valence-electron chi connectivity index (χ3n) is 2.23. The molecule has 0 aromatic rings. The average Bonchev–Trinajstić information content (AvgIpc) is 2.30. The Morgan fingerprint density at radius 3 is 2.00 bits per heavy atom. The lowest BCUT2D eigenvalue weighted by Crippen LogP contribution is -2.46. The predicted octanol–water partition coefficient (Wildman–Crippen LogP) is -2.47. The van der Waals surface area contributed by atoms with E-state index in [0.717, 1.165) is 0 Å². The predicted molar refractivity (Wildman–Crippen MR) is 62.8 cm³/mol. The maximum atomic E-state index is 11.5. The van der Waals surface area contributed by atoms with Crippen LogP contribution in [0.3, 0.4) is 0 Å². The van der Waals surface area contributed by atoms with Crippen LogP contribution < -0.4 is 22.5 Å². The highest BCUT2D eigenvalue weighted by Crippen LogP contribution is 1.98. The molecule has 0 aromatic carbocycles. The monoisotopic (exact) mass is 258 g/mol. The molecule has 0 spiro atoms. The zero-order chi connectivity index (χ0) is 14.1. The summed E-state index contributed by atoms with van der Waals surface area (Å²) in [4.78, 5) is 43.2. The van der Waals surface area contributed by atoms with Crippen molar-refractivity contribution in [3.63, 3.8) is 0 Å². The number of hydrogen-bond acceptors (Lipinski definition) is 5. The largest absolute Gasteiger partial charge is 0.370 e. The Hall–Kier alpha value is -1.96. The lowest BCUT2D eigenvalue weighted by molar-refractivity contribution is -0.126. The molecule has 8 nitrogen and oxygen atoms in total. The number of carbonyl (C=O) groups excluding carboxylic acids is 4. The second-order valence-corrected chi connectivity index (χ2v) is 3.87. The van der Waals surface area contributed by atoms with E-state index < -0.39 is 29.8 Å². The Bertz CT molecular complexity index is 332. The minimum Gasteiger partial charge on any atom is -0.370 e. The molecule has 0 aromatic heterocycles. The molecule has 8 heteroatoms. The lowest BCUT2D eigenvalue weighted by atomic mass is 10.1. The molecule has 3 amide bonds. The van der Waals surface area contributed by atoms with Crippen molar-refractivity contribution in [3.8, 4) is 0 Å². The fraction of sp³-hybridized carbons (Fsp3) is 0.600.